The predicted octanol–water partition coefficient (Wildman–Crippen LogP) is 6.51. The summed E-state index contributed by atoms with van der Waals surface area (Å²) in [6, 6.07) is 0. The SMILES string of the molecule is CC(C)(C)[Si](C)(C)O[C@@H]1C[C@H]2CC3(C[C@H]2[C@H]1C=CC(=O)C12CC4CC(CC(C4)C1)C2)OCCO3. The van der Waals surface area contributed by atoms with Gasteiger partial charge in [0.25, 0.3) is 0 Å². The number of carbonyl (C=O) groups is 1. The first-order chi connectivity index (χ1) is 16.0. The van der Waals surface area contributed by atoms with E-state index in [1.54, 1.807) is 0 Å². The number of ether oxygens (including phenoxy) is 2. The molecule has 0 amide bonds. The van der Waals surface area contributed by atoms with Gasteiger partial charge in [0.05, 0.1) is 19.3 Å². The van der Waals surface area contributed by atoms with Crippen LogP contribution in [0.15, 0.2) is 12.2 Å². The van der Waals surface area contributed by atoms with E-state index in [0.29, 0.717) is 36.8 Å². The van der Waals surface area contributed by atoms with Gasteiger partial charge in [0.15, 0.2) is 19.9 Å². The van der Waals surface area contributed by atoms with E-state index >= 15 is 0 Å². The number of fused-ring (bicyclic) bond motifs is 1. The van der Waals surface area contributed by atoms with Crippen LogP contribution in [0.3, 0.4) is 0 Å². The average molecular weight is 487 g/mol. The standard InChI is InChI=1S/C29H46O4Si/c1-27(2,3)34(4,5)33-25-13-22-17-29(31-8-9-32-29)18-24(22)23(25)6-7-26(30)28-14-19-10-20(15-28)12-21(11-19)16-28/h6-7,19-25H,8-18H2,1-5H3/t19?,20?,21?,22-,23+,24+,25+,28?/m0/s1. The van der Waals surface area contributed by atoms with E-state index < -0.39 is 8.32 Å². The third-order valence-corrected chi connectivity index (χ3v) is 15.8. The van der Waals surface area contributed by atoms with Crippen molar-refractivity contribution in [2.24, 2.45) is 40.9 Å². The highest BCUT2D eigenvalue weighted by atomic mass is 28.4. The fourth-order valence-electron chi connectivity index (χ4n) is 9.07. The topological polar surface area (TPSA) is 44.8 Å². The second kappa shape index (κ2) is 8.00. The van der Waals surface area contributed by atoms with Crippen molar-refractivity contribution in [2.75, 3.05) is 13.2 Å². The van der Waals surface area contributed by atoms with Gasteiger partial charge in [-0.25, -0.2) is 0 Å². The zero-order valence-electron chi connectivity index (χ0n) is 22.1. The molecule has 0 unspecified atom stereocenters. The molecule has 0 N–H and O–H groups in total. The maximum atomic E-state index is 13.8. The number of rotatable bonds is 5. The van der Waals surface area contributed by atoms with Crippen molar-refractivity contribution in [1.82, 2.24) is 0 Å². The molecular formula is C29H46O4Si. The van der Waals surface area contributed by atoms with Gasteiger partial charge >= 0.3 is 0 Å². The molecule has 34 heavy (non-hydrogen) atoms. The molecule has 7 fully saturated rings. The molecular weight excluding hydrogens is 440 g/mol. The Morgan fingerprint density at radius 3 is 2.06 bits per heavy atom. The molecule has 5 heteroatoms. The van der Waals surface area contributed by atoms with E-state index in [1.807, 2.05) is 6.08 Å². The minimum atomic E-state index is -1.89. The summed E-state index contributed by atoms with van der Waals surface area (Å²) in [5.74, 6) is 3.84. The van der Waals surface area contributed by atoms with Gasteiger partial charge in [-0.3, -0.25) is 4.79 Å². The second-order valence-electron chi connectivity index (χ2n) is 14.6. The Kier molecular flexibility index (Phi) is 5.62. The van der Waals surface area contributed by atoms with Crippen LogP contribution in [0.2, 0.25) is 18.1 Å². The zero-order chi connectivity index (χ0) is 23.9. The van der Waals surface area contributed by atoms with Crippen LogP contribution in [-0.2, 0) is 18.7 Å². The number of allylic oxidation sites excluding steroid dienone is 1. The van der Waals surface area contributed by atoms with E-state index in [-0.39, 0.29) is 22.3 Å². The van der Waals surface area contributed by atoms with E-state index in [9.17, 15) is 4.79 Å². The number of hydrogen-bond acceptors (Lipinski definition) is 4. The van der Waals surface area contributed by atoms with Crippen LogP contribution in [0.25, 0.3) is 0 Å². The van der Waals surface area contributed by atoms with Crippen LogP contribution >= 0.6 is 0 Å². The Morgan fingerprint density at radius 2 is 1.50 bits per heavy atom. The number of hydrogen-bond donors (Lipinski definition) is 0. The van der Waals surface area contributed by atoms with Crippen LogP contribution in [-0.4, -0.2) is 39.2 Å². The highest BCUT2D eigenvalue weighted by molar-refractivity contribution is 6.74. The van der Waals surface area contributed by atoms with E-state index in [0.717, 1.165) is 56.3 Å². The van der Waals surface area contributed by atoms with Gasteiger partial charge in [-0.1, -0.05) is 26.8 Å². The minimum Gasteiger partial charge on any atom is -0.413 e. The summed E-state index contributed by atoms with van der Waals surface area (Å²) in [6.07, 6.45) is 15.2. The van der Waals surface area contributed by atoms with Gasteiger partial charge in [-0.15, -0.1) is 0 Å². The first-order valence-electron chi connectivity index (χ1n) is 14.2. The third kappa shape index (κ3) is 3.92. The van der Waals surface area contributed by atoms with Gasteiger partial charge in [0.2, 0.25) is 0 Å². The van der Waals surface area contributed by atoms with Crippen LogP contribution in [0.4, 0.5) is 0 Å². The first kappa shape index (κ1) is 23.9. The van der Waals surface area contributed by atoms with Gasteiger partial charge in [-0.05, 0) is 98.7 Å². The van der Waals surface area contributed by atoms with Crippen molar-refractivity contribution in [3.05, 3.63) is 12.2 Å². The molecule has 0 aromatic carbocycles. The molecule has 1 saturated heterocycles. The van der Waals surface area contributed by atoms with Crippen molar-refractivity contribution < 1.29 is 18.7 Å². The smallest absolute Gasteiger partial charge is 0.192 e. The first-order valence-corrected chi connectivity index (χ1v) is 17.1. The molecule has 1 heterocycles. The molecule has 4 bridgehead atoms. The summed E-state index contributed by atoms with van der Waals surface area (Å²) in [6.45, 7) is 13.1. The quantitative estimate of drug-likeness (QED) is 0.328. The Labute approximate surface area is 207 Å². The molecule has 0 aromatic heterocycles. The summed E-state index contributed by atoms with van der Waals surface area (Å²) in [4.78, 5) is 13.8. The highest BCUT2D eigenvalue weighted by Gasteiger charge is 2.58. The van der Waals surface area contributed by atoms with E-state index in [1.165, 1.54) is 19.3 Å². The molecule has 1 aliphatic heterocycles. The largest absolute Gasteiger partial charge is 0.413 e. The second-order valence-corrected chi connectivity index (χ2v) is 19.3. The third-order valence-electron chi connectivity index (χ3n) is 11.3. The van der Waals surface area contributed by atoms with Crippen molar-refractivity contribution >= 4 is 14.1 Å². The lowest BCUT2D eigenvalue weighted by Crippen LogP contribution is -2.49. The minimum absolute atomic E-state index is 0.0480. The Morgan fingerprint density at radius 1 is 0.912 bits per heavy atom. The number of carbonyl (C=O) groups excluding carboxylic acids is 1. The molecule has 7 aliphatic rings. The van der Waals surface area contributed by atoms with Crippen molar-refractivity contribution in [2.45, 2.75) is 109 Å². The molecule has 6 aliphatic carbocycles. The van der Waals surface area contributed by atoms with Gasteiger partial charge in [0, 0.05) is 24.2 Å². The van der Waals surface area contributed by atoms with Crippen LogP contribution < -0.4 is 0 Å². The van der Waals surface area contributed by atoms with Gasteiger partial charge in [0.1, 0.15) is 0 Å². The molecule has 6 saturated carbocycles. The fraction of sp³-hybridized carbons (Fsp3) is 0.897. The van der Waals surface area contributed by atoms with Crippen molar-refractivity contribution in [3.8, 4) is 0 Å². The lowest BCUT2D eigenvalue weighted by atomic mass is 9.48. The van der Waals surface area contributed by atoms with Gasteiger partial charge < -0.3 is 13.9 Å². The molecule has 7 rings (SSSR count). The maximum Gasteiger partial charge on any atom is 0.192 e. The lowest BCUT2D eigenvalue weighted by molar-refractivity contribution is -0.157. The zero-order valence-corrected chi connectivity index (χ0v) is 23.1. The van der Waals surface area contributed by atoms with Crippen molar-refractivity contribution in [1.29, 1.82) is 0 Å². The lowest BCUT2D eigenvalue weighted by Gasteiger charge is -2.55. The average Bonchev–Trinajstić information content (AvgIpc) is 3.40. The molecule has 0 radical (unpaired) electrons. The summed E-state index contributed by atoms with van der Waals surface area (Å²) in [5, 5.41) is 0.187. The summed E-state index contributed by atoms with van der Waals surface area (Å²) >= 11 is 0. The molecule has 0 aromatic rings. The number of ketones is 1. The monoisotopic (exact) mass is 486 g/mol. The normalized spacial score (nSPS) is 45.0. The predicted molar refractivity (Wildman–Crippen MR) is 136 cm³/mol. The van der Waals surface area contributed by atoms with Gasteiger partial charge in [-0.2, -0.15) is 0 Å². The summed E-state index contributed by atoms with van der Waals surface area (Å²) in [5.41, 5.74) is -0.0480. The highest BCUT2D eigenvalue weighted by Crippen LogP contribution is 2.61. The molecule has 1 spiro atoms. The summed E-state index contributed by atoms with van der Waals surface area (Å²) < 4.78 is 19.3. The Bertz CT molecular complexity index is 813. The van der Waals surface area contributed by atoms with E-state index in [2.05, 4.69) is 39.9 Å². The maximum absolute atomic E-state index is 13.8. The van der Waals surface area contributed by atoms with Crippen molar-refractivity contribution in [3.63, 3.8) is 0 Å². The molecule has 4 atom stereocenters. The van der Waals surface area contributed by atoms with E-state index in [4.69, 9.17) is 13.9 Å². The van der Waals surface area contributed by atoms with Crippen LogP contribution in [0.5, 0.6) is 0 Å². The Balaban J connectivity index is 1.23. The molecule has 190 valence electrons. The van der Waals surface area contributed by atoms with Crippen LogP contribution in [0, 0.1) is 40.9 Å². The molecule has 4 nitrogen and oxygen atoms in total. The summed E-state index contributed by atoms with van der Waals surface area (Å²) in [7, 11) is -1.89. The fourth-order valence-corrected chi connectivity index (χ4v) is 10.4. The Hall–Kier alpha value is -0.493. The van der Waals surface area contributed by atoms with Crippen LogP contribution in [0.1, 0.15) is 78.6 Å².